The number of nitrogens with one attached hydrogen (secondary N) is 1. The molecule has 4 heteroatoms. The second-order valence-corrected chi connectivity index (χ2v) is 3.66. The van der Waals surface area contributed by atoms with Gasteiger partial charge in [-0.1, -0.05) is 13.8 Å². The van der Waals surface area contributed by atoms with E-state index in [-0.39, 0.29) is 13.1 Å². The van der Waals surface area contributed by atoms with Crippen LogP contribution in [0.1, 0.15) is 26.7 Å². The van der Waals surface area contributed by atoms with Gasteiger partial charge in [-0.3, -0.25) is 4.90 Å². The molecule has 0 heterocycles. The van der Waals surface area contributed by atoms with Crippen LogP contribution in [0.5, 0.6) is 0 Å². The van der Waals surface area contributed by atoms with Crippen molar-refractivity contribution in [1.29, 1.82) is 0 Å². The first-order chi connectivity index (χ1) is 6.55. The standard InChI is InChI=1S/C10H22F2N2/c1-4-6-14(7-5-2)9-10(11,12)8-13-3/h13H,4-9H2,1-3H3. The highest BCUT2D eigenvalue weighted by atomic mass is 19.3. The van der Waals surface area contributed by atoms with Gasteiger partial charge in [0.2, 0.25) is 0 Å². The van der Waals surface area contributed by atoms with Gasteiger partial charge in [-0.05, 0) is 33.0 Å². The molecule has 0 saturated heterocycles. The van der Waals surface area contributed by atoms with E-state index in [9.17, 15) is 8.78 Å². The van der Waals surface area contributed by atoms with E-state index in [1.807, 2.05) is 18.7 Å². The second-order valence-electron chi connectivity index (χ2n) is 3.66. The quantitative estimate of drug-likeness (QED) is 0.656. The minimum absolute atomic E-state index is 0.129. The van der Waals surface area contributed by atoms with Crippen molar-refractivity contribution in [3.8, 4) is 0 Å². The van der Waals surface area contributed by atoms with E-state index < -0.39 is 5.92 Å². The summed E-state index contributed by atoms with van der Waals surface area (Å²) in [5.74, 6) is -2.61. The van der Waals surface area contributed by atoms with E-state index in [0.29, 0.717) is 0 Å². The fourth-order valence-electron chi connectivity index (χ4n) is 1.54. The molecule has 0 aliphatic heterocycles. The lowest BCUT2D eigenvalue weighted by atomic mass is 10.2. The number of alkyl halides is 2. The van der Waals surface area contributed by atoms with Crippen molar-refractivity contribution in [3.05, 3.63) is 0 Å². The molecule has 86 valence electrons. The summed E-state index contributed by atoms with van der Waals surface area (Å²) in [5, 5.41) is 2.52. The van der Waals surface area contributed by atoms with Crippen molar-refractivity contribution in [3.63, 3.8) is 0 Å². The third kappa shape index (κ3) is 6.27. The Morgan fingerprint density at radius 1 is 1.14 bits per heavy atom. The normalized spacial score (nSPS) is 12.4. The number of rotatable bonds is 8. The zero-order chi connectivity index (χ0) is 11.0. The van der Waals surface area contributed by atoms with Crippen molar-refractivity contribution in [2.24, 2.45) is 0 Å². The maximum atomic E-state index is 13.2. The Hall–Kier alpha value is -0.220. The summed E-state index contributed by atoms with van der Waals surface area (Å²) in [5.41, 5.74) is 0. The Kier molecular flexibility index (Phi) is 7.01. The maximum Gasteiger partial charge on any atom is 0.272 e. The molecule has 0 saturated carbocycles. The third-order valence-electron chi connectivity index (χ3n) is 1.97. The molecule has 0 rings (SSSR count). The van der Waals surface area contributed by atoms with Gasteiger partial charge >= 0.3 is 0 Å². The third-order valence-corrected chi connectivity index (χ3v) is 1.97. The highest BCUT2D eigenvalue weighted by Gasteiger charge is 2.30. The Bertz CT molecular complexity index is 134. The summed E-state index contributed by atoms with van der Waals surface area (Å²) in [6, 6.07) is 0. The van der Waals surface area contributed by atoms with E-state index >= 15 is 0 Å². The van der Waals surface area contributed by atoms with Gasteiger partial charge in [0, 0.05) is 0 Å². The van der Waals surface area contributed by atoms with E-state index in [4.69, 9.17) is 0 Å². The SMILES string of the molecule is CCCN(CCC)CC(F)(F)CNC. The lowest BCUT2D eigenvalue weighted by Gasteiger charge is -2.26. The second kappa shape index (κ2) is 7.12. The van der Waals surface area contributed by atoms with Gasteiger partial charge in [0.15, 0.2) is 0 Å². The topological polar surface area (TPSA) is 15.3 Å². The van der Waals surface area contributed by atoms with Gasteiger partial charge in [-0.25, -0.2) is 8.78 Å². The van der Waals surface area contributed by atoms with E-state index in [1.165, 1.54) is 0 Å². The molecule has 0 amide bonds. The van der Waals surface area contributed by atoms with Crippen molar-refractivity contribution in [1.82, 2.24) is 10.2 Å². The predicted molar refractivity (Wildman–Crippen MR) is 55.9 cm³/mol. The average Bonchev–Trinajstić information content (AvgIpc) is 2.03. The molecule has 0 aromatic rings. The zero-order valence-electron chi connectivity index (χ0n) is 9.45. The molecule has 0 spiro atoms. The fraction of sp³-hybridized carbons (Fsp3) is 1.00. The molecule has 0 aliphatic rings. The Balaban J connectivity index is 3.98. The smallest absolute Gasteiger partial charge is 0.272 e. The van der Waals surface area contributed by atoms with Crippen molar-refractivity contribution >= 4 is 0 Å². The highest BCUT2D eigenvalue weighted by molar-refractivity contribution is 4.73. The Morgan fingerprint density at radius 3 is 2.00 bits per heavy atom. The van der Waals surface area contributed by atoms with Gasteiger partial charge in [-0.2, -0.15) is 0 Å². The molecular formula is C10H22F2N2. The van der Waals surface area contributed by atoms with Gasteiger partial charge in [0.1, 0.15) is 0 Å². The summed E-state index contributed by atoms with van der Waals surface area (Å²) in [6.07, 6.45) is 1.85. The number of hydrogen-bond acceptors (Lipinski definition) is 2. The summed E-state index contributed by atoms with van der Waals surface area (Å²) in [7, 11) is 1.55. The predicted octanol–water partition coefficient (Wildman–Crippen LogP) is 1.96. The largest absolute Gasteiger partial charge is 0.314 e. The minimum Gasteiger partial charge on any atom is -0.314 e. The van der Waals surface area contributed by atoms with Crippen LogP contribution >= 0.6 is 0 Å². The first kappa shape index (κ1) is 13.8. The Morgan fingerprint density at radius 2 is 1.64 bits per heavy atom. The lowest BCUT2D eigenvalue weighted by Crippen LogP contribution is -2.43. The lowest BCUT2D eigenvalue weighted by molar-refractivity contribution is -0.0290. The van der Waals surface area contributed by atoms with Crippen LogP contribution in [-0.2, 0) is 0 Å². The summed E-state index contributed by atoms with van der Waals surface area (Å²) < 4.78 is 26.4. The molecule has 0 aromatic carbocycles. The number of hydrogen-bond donors (Lipinski definition) is 1. The van der Waals surface area contributed by atoms with E-state index in [1.54, 1.807) is 7.05 Å². The van der Waals surface area contributed by atoms with E-state index in [2.05, 4.69) is 5.32 Å². The molecule has 0 bridgehead atoms. The van der Waals surface area contributed by atoms with Gasteiger partial charge in [0.25, 0.3) is 5.92 Å². The van der Waals surface area contributed by atoms with Gasteiger partial charge in [-0.15, -0.1) is 0 Å². The van der Waals surface area contributed by atoms with Crippen molar-refractivity contribution in [2.75, 3.05) is 33.2 Å². The molecule has 0 fully saturated rings. The van der Waals surface area contributed by atoms with Crippen LogP contribution in [0.2, 0.25) is 0 Å². The molecule has 2 nitrogen and oxygen atoms in total. The summed E-state index contributed by atoms with van der Waals surface area (Å²) in [4.78, 5) is 1.83. The Labute approximate surface area is 85.7 Å². The van der Waals surface area contributed by atoms with Crippen LogP contribution in [0.15, 0.2) is 0 Å². The zero-order valence-corrected chi connectivity index (χ0v) is 9.45. The highest BCUT2D eigenvalue weighted by Crippen LogP contribution is 2.14. The molecule has 0 atom stereocenters. The monoisotopic (exact) mass is 208 g/mol. The van der Waals surface area contributed by atoms with Gasteiger partial charge in [0.05, 0.1) is 13.1 Å². The number of nitrogens with zero attached hydrogens (tertiary/aromatic N) is 1. The molecule has 0 aliphatic carbocycles. The molecule has 14 heavy (non-hydrogen) atoms. The van der Waals surface area contributed by atoms with Crippen LogP contribution in [0.3, 0.4) is 0 Å². The minimum atomic E-state index is -2.61. The fourth-order valence-corrected chi connectivity index (χ4v) is 1.54. The first-order valence-electron chi connectivity index (χ1n) is 5.30. The average molecular weight is 208 g/mol. The molecule has 0 radical (unpaired) electrons. The van der Waals surface area contributed by atoms with Crippen LogP contribution in [-0.4, -0.2) is 44.0 Å². The molecular weight excluding hydrogens is 186 g/mol. The van der Waals surface area contributed by atoms with Gasteiger partial charge < -0.3 is 5.32 Å². The molecule has 1 N–H and O–H groups in total. The van der Waals surface area contributed by atoms with Crippen LogP contribution in [0.25, 0.3) is 0 Å². The van der Waals surface area contributed by atoms with Crippen LogP contribution < -0.4 is 5.32 Å². The van der Waals surface area contributed by atoms with Crippen molar-refractivity contribution in [2.45, 2.75) is 32.6 Å². The van der Waals surface area contributed by atoms with E-state index in [0.717, 1.165) is 25.9 Å². The number of halogens is 2. The molecule has 0 aromatic heterocycles. The van der Waals surface area contributed by atoms with Crippen LogP contribution in [0.4, 0.5) is 8.78 Å². The summed E-state index contributed by atoms with van der Waals surface area (Å²) in [6.45, 7) is 5.17. The summed E-state index contributed by atoms with van der Waals surface area (Å²) >= 11 is 0. The maximum absolute atomic E-state index is 13.2. The first-order valence-corrected chi connectivity index (χ1v) is 5.30. The van der Waals surface area contributed by atoms with Crippen molar-refractivity contribution < 1.29 is 8.78 Å². The molecule has 0 unspecified atom stereocenters. The van der Waals surface area contributed by atoms with Crippen LogP contribution in [0, 0.1) is 0 Å².